The average Bonchev–Trinajstić information content (AvgIpc) is 2.88. The van der Waals surface area contributed by atoms with Gasteiger partial charge in [0.25, 0.3) is 10.0 Å². The molecule has 0 N–H and O–H groups in total. The summed E-state index contributed by atoms with van der Waals surface area (Å²) in [6.45, 7) is 0. The van der Waals surface area contributed by atoms with Gasteiger partial charge in [-0.25, -0.2) is 12.4 Å². The molecule has 7 heteroatoms. The highest BCUT2D eigenvalue weighted by atomic mass is 79.9. The molecule has 1 heterocycles. The molecule has 0 atom stereocenters. The lowest BCUT2D eigenvalue weighted by Gasteiger charge is -2.11. The molecule has 3 nitrogen and oxygen atoms in total. The van der Waals surface area contributed by atoms with Gasteiger partial charge in [0.1, 0.15) is 0 Å². The van der Waals surface area contributed by atoms with Gasteiger partial charge in [-0.15, -0.1) is 0 Å². The normalized spacial score (nSPS) is 12.0. The number of aromatic nitrogens is 1. The third kappa shape index (κ3) is 2.92. The highest BCUT2D eigenvalue weighted by Gasteiger charge is 2.25. The Labute approximate surface area is 160 Å². The lowest BCUT2D eigenvalue weighted by Crippen LogP contribution is -2.15. The maximum atomic E-state index is 13.2. The molecule has 0 saturated heterocycles. The third-order valence-electron chi connectivity index (χ3n) is 3.64. The molecule has 0 amide bonds. The van der Waals surface area contributed by atoms with Gasteiger partial charge in [-0.3, -0.25) is 0 Å². The summed E-state index contributed by atoms with van der Waals surface area (Å²) in [5.74, 6) is 0. The fourth-order valence-corrected chi connectivity index (χ4v) is 5.94. The van der Waals surface area contributed by atoms with Crippen molar-refractivity contribution in [2.45, 2.75) is 15.6 Å². The largest absolute Gasteiger partial charge is 0.268 e. The minimum Gasteiger partial charge on any atom is -0.237 e. The van der Waals surface area contributed by atoms with E-state index in [1.165, 1.54) is 3.97 Å². The Bertz CT molecular complexity index is 966. The highest BCUT2D eigenvalue weighted by molar-refractivity contribution is 9.10. The molecule has 0 radical (unpaired) electrons. The Morgan fingerprint density at radius 1 is 0.957 bits per heavy atom. The van der Waals surface area contributed by atoms with E-state index in [9.17, 15) is 8.42 Å². The molecule has 0 fully saturated rings. The van der Waals surface area contributed by atoms with Gasteiger partial charge in [0.05, 0.1) is 16.1 Å². The molecular formula is C16H12Br3NO2S. The number of rotatable bonds is 4. The summed E-state index contributed by atoms with van der Waals surface area (Å²) in [6.07, 6.45) is 0. The molecule has 0 aliphatic carbocycles. The predicted molar refractivity (Wildman–Crippen MR) is 104 cm³/mol. The van der Waals surface area contributed by atoms with Crippen molar-refractivity contribution in [3.63, 3.8) is 0 Å². The predicted octanol–water partition coefficient (Wildman–Crippen LogP) is 5.43. The van der Waals surface area contributed by atoms with E-state index in [2.05, 4.69) is 47.8 Å². The van der Waals surface area contributed by atoms with Crippen LogP contribution in [0.2, 0.25) is 0 Å². The Morgan fingerprint density at radius 3 is 2.26 bits per heavy atom. The number of fused-ring (bicyclic) bond motifs is 1. The number of benzene rings is 2. The highest BCUT2D eigenvalue weighted by Crippen LogP contribution is 2.34. The molecule has 1 aromatic heterocycles. The van der Waals surface area contributed by atoms with Crippen molar-refractivity contribution in [3.05, 3.63) is 64.3 Å². The Morgan fingerprint density at radius 2 is 1.65 bits per heavy atom. The van der Waals surface area contributed by atoms with E-state index in [0.29, 0.717) is 16.2 Å². The zero-order valence-electron chi connectivity index (χ0n) is 11.8. The molecule has 3 rings (SSSR count). The molecule has 0 aliphatic rings. The van der Waals surface area contributed by atoms with Crippen LogP contribution in [0.15, 0.2) is 57.9 Å². The van der Waals surface area contributed by atoms with Crippen LogP contribution >= 0.6 is 47.8 Å². The van der Waals surface area contributed by atoms with Crippen molar-refractivity contribution >= 4 is 68.7 Å². The van der Waals surface area contributed by atoms with Crippen molar-refractivity contribution in [2.24, 2.45) is 0 Å². The zero-order valence-corrected chi connectivity index (χ0v) is 17.4. The molecule has 3 aromatic rings. The van der Waals surface area contributed by atoms with Crippen LogP contribution in [0.1, 0.15) is 11.3 Å². The van der Waals surface area contributed by atoms with Gasteiger partial charge in [0.2, 0.25) is 0 Å². The smallest absolute Gasteiger partial charge is 0.237 e. The quantitative estimate of drug-likeness (QED) is 0.429. The van der Waals surface area contributed by atoms with Crippen LogP contribution in [-0.2, 0) is 20.7 Å². The van der Waals surface area contributed by atoms with Crippen LogP contribution in [0.5, 0.6) is 0 Å². The number of nitrogens with zero attached hydrogens (tertiary/aromatic N) is 1. The first-order valence-corrected chi connectivity index (χ1v) is 11.2. The SMILES string of the molecule is O=S(=O)(c1ccccc1)n1c(CBr)c(CBr)c2cc(Br)ccc21. The molecule has 23 heavy (non-hydrogen) atoms. The molecule has 0 aliphatic heterocycles. The van der Waals surface area contributed by atoms with Gasteiger partial charge in [-0.05, 0) is 35.9 Å². The standard InChI is InChI=1S/C16H12Br3NO2S/c17-9-14-13-8-11(19)6-7-15(13)20(16(14)10-18)23(21,22)12-4-2-1-3-5-12/h1-8H,9-10H2. The Balaban J connectivity index is 2.42. The van der Waals surface area contributed by atoms with Crippen LogP contribution in [0.25, 0.3) is 10.9 Å². The Kier molecular flexibility index (Phi) is 5.01. The monoisotopic (exact) mass is 519 g/mol. The van der Waals surface area contributed by atoms with E-state index in [1.807, 2.05) is 18.2 Å². The average molecular weight is 522 g/mol. The van der Waals surface area contributed by atoms with E-state index < -0.39 is 10.0 Å². The van der Waals surface area contributed by atoms with Gasteiger partial charge >= 0.3 is 0 Å². The summed E-state index contributed by atoms with van der Waals surface area (Å²) >= 11 is 10.4. The molecular weight excluding hydrogens is 510 g/mol. The fraction of sp³-hybridized carbons (Fsp3) is 0.125. The first-order chi connectivity index (χ1) is 11.0. The number of alkyl halides is 2. The summed E-state index contributed by atoms with van der Waals surface area (Å²) in [7, 11) is -3.66. The van der Waals surface area contributed by atoms with Crippen LogP contribution < -0.4 is 0 Å². The van der Waals surface area contributed by atoms with Crippen molar-refractivity contribution in [3.8, 4) is 0 Å². The van der Waals surface area contributed by atoms with Crippen molar-refractivity contribution in [1.29, 1.82) is 0 Å². The van der Waals surface area contributed by atoms with Crippen molar-refractivity contribution in [2.75, 3.05) is 0 Å². The van der Waals surface area contributed by atoms with Crippen LogP contribution in [0.4, 0.5) is 0 Å². The van der Waals surface area contributed by atoms with Gasteiger partial charge in [0, 0.05) is 20.5 Å². The van der Waals surface area contributed by atoms with E-state index in [4.69, 9.17) is 0 Å². The number of halogens is 3. The van der Waals surface area contributed by atoms with Gasteiger partial charge in [-0.1, -0.05) is 66.0 Å². The second-order valence-electron chi connectivity index (χ2n) is 4.94. The van der Waals surface area contributed by atoms with E-state index in [-0.39, 0.29) is 4.90 Å². The summed E-state index contributed by atoms with van der Waals surface area (Å²) in [6, 6.07) is 14.1. The summed E-state index contributed by atoms with van der Waals surface area (Å²) in [4.78, 5) is 0.281. The van der Waals surface area contributed by atoms with Gasteiger partial charge in [0.15, 0.2) is 0 Å². The van der Waals surface area contributed by atoms with E-state index in [1.54, 1.807) is 30.3 Å². The Hall–Kier alpha value is -0.630. The second kappa shape index (κ2) is 6.70. The van der Waals surface area contributed by atoms with E-state index >= 15 is 0 Å². The molecule has 2 aromatic carbocycles. The minimum absolute atomic E-state index is 0.281. The van der Waals surface area contributed by atoms with Crippen molar-refractivity contribution < 1.29 is 8.42 Å². The van der Waals surface area contributed by atoms with Crippen LogP contribution in [0.3, 0.4) is 0 Å². The fourth-order valence-electron chi connectivity index (χ4n) is 2.61. The van der Waals surface area contributed by atoms with E-state index in [0.717, 1.165) is 21.1 Å². The van der Waals surface area contributed by atoms with Crippen molar-refractivity contribution in [1.82, 2.24) is 3.97 Å². The second-order valence-corrected chi connectivity index (χ2v) is 8.76. The summed E-state index contributed by atoms with van der Waals surface area (Å²) in [5.41, 5.74) is 2.39. The maximum absolute atomic E-state index is 13.2. The minimum atomic E-state index is -3.66. The topological polar surface area (TPSA) is 39.1 Å². The first kappa shape index (κ1) is 17.2. The molecule has 0 bridgehead atoms. The molecule has 120 valence electrons. The van der Waals surface area contributed by atoms with Crippen LogP contribution in [0, 0.1) is 0 Å². The van der Waals surface area contributed by atoms with Gasteiger partial charge < -0.3 is 0 Å². The number of hydrogen-bond donors (Lipinski definition) is 0. The first-order valence-electron chi connectivity index (χ1n) is 6.75. The zero-order chi connectivity index (χ0) is 16.6. The third-order valence-corrected chi connectivity index (χ3v) is 6.99. The lowest BCUT2D eigenvalue weighted by atomic mass is 10.2. The molecule has 0 saturated carbocycles. The summed E-state index contributed by atoms with van der Waals surface area (Å²) in [5, 5.41) is 1.95. The molecule has 0 spiro atoms. The molecule has 0 unspecified atom stereocenters. The van der Waals surface area contributed by atoms with Gasteiger partial charge in [-0.2, -0.15) is 0 Å². The maximum Gasteiger partial charge on any atom is 0.268 e. The lowest BCUT2D eigenvalue weighted by molar-refractivity contribution is 0.587. The number of hydrogen-bond acceptors (Lipinski definition) is 2. The summed E-state index contributed by atoms with van der Waals surface area (Å²) < 4.78 is 28.7. The van der Waals surface area contributed by atoms with Crippen LogP contribution in [-0.4, -0.2) is 12.4 Å².